The number of imidazole rings is 1. The number of amides is 1. The average molecular weight is 911 g/mol. The third kappa shape index (κ3) is 6.00. The SMILES string of the molecule is Cc1cc(-n2nc3c(c2-n2ccn(-c4ccc5c(cnn5C)c4F)c2=O)[C@H](C)N(C(=O)c2cc4cc([C@H]5CCOC(C)(C)C5)ccc4n2[C@@]2(c4noc(=O)[nH]4)C[C@@H]2C)CC32CO2)cc(C)c1F. The van der Waals surface area contributed by atoms with Gasteiger partial charge in [0.2, 0.25) is 0 Å². The van der Waals surface area contributed by atoms with Crippen molar-refractivity contribution in [3.63, 3.8) is 0 Å². The maximum atomic E-state index is 16.2. The highest BCUT2D eigenvalue weighted by molar-refractivity contribution is 6.00. The smallest absolute Gasteiger partial charge is 0.376 e. The Balaban J connectivity index is 1.03. The van der Waals surface area contributed by atoms with Crippen LogP contribution >= 0.6 is 0 Å². The van der Waals surface area contributed by atoms with E-state index in [2.05, 4.69) is 54.2 Å². The third-order valence-corrected chi connectivity index (χ3v) is 14.9. The fraction of sp³-hybridized carbons (Fsp3) is 0.388. The summed E-state index contributed by atoms with van der Waals surface area (Å²) in [5.41, 5.74) is 2.44. The van der Waals surface area contributed by atoms with Crippen LogP contribution in [0, 0.1) is 31.4 Å². The van der Waals surface area contributed by atoms with Gasteiger partial charge in [-0.2, -0.15) is 10.2 Å². The van der Waals surface area contributed by atoms with E-state index in [0.29, 0.717) is 64.0 Å². The molecule has 3 aliphatic heterocycles. The number of epoxide rings is 1. The number of halogens is 2. The Hall–Kier alpha value is -6.92. The van der Waals surface area contributed by atoms with Crippen molar-refractivity contribution in [3.05, 3.63) is 139 Å². The first-order valence-electron chi connectivity index (χ1n) is 22.6. The predicted molar refractivity (Wildman–Crippen MR) is 241 cm³/mol. The Morgan fingerprint density at radius 2 is 1.66 bits per heavy atom. The monoisotopic (exact) mass is 910 g/mol. The van der Waals surface area contributed by atoms with Crippen LogP contribution in [-0.4, -0.2) is 79.6 Å². The Morgan fingerprint density at radius 1 is 0.925 bits per heavy atom. The summed E-state index contributed by atoms with van der Waals surface area (Å²) in [4.78, 5) is 47.7. The van der Waals surface area contributed by atoms with Crippen molar-refractivity contribution in [1.82, 2.24) is 48.3 Å². The van der Waals surface area contributed by atoms with Crippen molar-refractivity contribution in [2.45, 2.75) is 89.5 Å². The summed E-state index contributed by atoms with van der Waals surface area (Å²) in [5, 5.41) is 14.7. The summed E-state index contributed by atoms with van der Waals surface area (Å²) in [6.45, 7) is 12.5. The lowest BCUT2D eigenvalue weighted by Gasteiger charge is -2.37. The lowest BCUT2D eigenvalue weighted by molar-refractivity contribution is -0.0592. The normalized spacial score (nSPS) is 24.3. The highest BCUT2D eigenvalue weighted by Gasteiger charge is 2.61. The minimum Gasteiger partial charge on any atom is -0.376 e. The number of carbonyl (C=O) groups is 1. The van der Waals surface area contributed by atoms with Gasteiger partial charge in [-0.1, -0.05) is 18.1 Å². The third-order valence-electron chi connectivity index (χ3n) is 14.9. The molecule has 3 aromatic carbocycles. The molecule has 3 fully saturated rings. The lowest BCUT2D eigenvalue weighted by atomic mass is 9.83. The van der Waals surface area contributed by atoms with E-state index in [-0.39, 0.29) is 53.4 Å². The Labute approximate surface area is 381 Å². The number of carbonyl (C=O) groups excluding carboxylic acids is 1. The van der Waals surface area contributed by atoms with Crippen molar-refractivity contribution in [2.24, 2.45) is 13.0 Å². The van der Waals surface area contributed by atoms with Crippen LogP contribution in [0.4, 0.5) is 8.78 Å². The van der Waals surface area contributed by atoms with Crippen LogP contribution in [0.5, 0.6) is 0 Å². The molecule has 1 aliphatic carbocycles. The van der Waals surface area contributed by atoms with Crippen LogP contribution in [0.15, 0.2) is 81.2 Å². The van der Waals surface area contributed by atoms with E-state index in [1.807, 2.05) is 17.6 Å². The zero-order valence-corrected chi connectivity index (χ0v) is 38.1. The molecule has 67 heavy (non-hydrogen) atoms. The first kappa shape index (κ1) is 41.5. The van der Waals surface area contributed by atoms with E-state index in [1.165, 1.54) is 27.6 Å². The zero-order valence-electron chi connectivity index (χ0n) is 38.1. The van der Waals surface area contributed by atoms with Crippen molar-refractivity contribution < 1.29 is 27.6 Å². The first-order valence-corrected chi connectivity index (χ1v) is 22.6. The summed E-state index contributed by atoms with van der Waals surface area (Å²) >= 11 is 0. The number of H-pyrrole nitrogens is 1. The number of nitrogens with zero attached hydrogens (tertiary/aromatic N) is 9. The molecule has 5 aromatic heterocycles. The number of ether oxygens (including phenoxy) is 2. The molecule has 8 heterocycles. The Morgan fingerprint density at radius 3 is 2.34 bits per heavy atom. The van der Waals surface area contributed by atoms with Crippen molar-refractivity contribution >= 4 is 27.7 Å². The highest BCUT2D eigenvalue weighted by Crippen LogP contribution is 2.57. The molecule has 12 rings (SSSR count). The maximum absolute atomic E-state index is 16.2. The van der Waals surface area contributed by atoms with Crippen LogP contribution in [0.1, 0.15) is 103 Å². The molecule has 5 atom stereocenters. The number of aryl methyl sites for hydroxylation is 3. The lowest BCUT2D eigenvalue weighted by Crippen LogP contribution is -2.46. The van der Waals surface area contributed by atoms with Crippen LogP contribution in [0.2, 0.25) is 0 Å². The minimum atomic E-state index is -1.03. The summed E-state index contributed by atoms with van der Waals surface area (Å²) in [6, 6.07) is 14.1. The standard InChI is InChI=1S/C49H48F2N10O6/c1-25-16-32(17-26(2)39(25)50)61-42(58-14-13-57(46(58)64)36-11-10-35-33(40(36)51)22-52-56(35)7)38-28(4)59(23-48(24-66-48)41(38)54-61)43(62)37-19-31-18-29(30-12-15-65-47(5,6)21-30)8-9-34(31)60(37)49(20-27(49)3)44-53-45(63)67-55-44/h8-11,13-14,16-19,22,27-28,30H,12,15,20-21,23-24H2,1-7H3,(H,53,55,63)/t27-,28-,30-,48?,49-/m0/s1. The Kier molecular flexibility index (Phi) is 8.71. The summed E-state index contributed by atoms with van der Waals surface area (Å²) < 4.78 is 56.7. The van der Waals surface area contributed by atoms with Gasteiger partial charge < -0.3 is 18.9 Å². The molecule has 1 unspecified atom stereocenters. The molecule has 1 spiro atoms. The van der Waals surface area contributed by atoms with Gasteiger partial charge in [0.25, 0.3) is 5.91 Å². The fourth-order valence-electron chi connectivity index (χ4n) is 11.2. The number of aromatic nitrogens is 9. The molecule has 344 valence electrons. The van der Waals surface area contributed by atoms with E-state index in [4.69, 9.17) is 19.1 Å². The molecular weight excluding hydrogens is 863 g/mol. The van der Waals surface area contributed by atoms with Crippen LogP contribution in [0.25, 0.3) is 39.0 Å². The van der Waals surface area contributed by atoms with Gasteiger partial charge in [-0.25, -0.2) is 23.1 Å². The van der Waals surface area contributed by atoms with E-state index in [1.54, 1.807) is 59.6 Å². The number of aromatic amines is 1. The minimum absolute atomic E-state index is 0.0257. The molecule has 1 amide bonds. The molecule has 4 aliphatic rings. The first-order chi connectivity index (χ1) is 32.0. The number of hydrogen-bond donors (Lipinski definition) is 1. The predicted octanol–water partition coefficient (Wildman–Crippen LogP) is 7.13. The van der Waals surface area contributed by atoms with Gasteiger partial charge in [0.05, 0.1) is 53.3 Å². The summed E-state index contributed by atoms with van der Waals surface area (Å²) in [7, 11) is 1.71. The van der Waals surface area contributed by atoms with Gasteiger partial charge in [0.15, 0.2) is 17.2 Å². The van der Waals surface area contributed by atoms with Crippen molar-refractivity contribution in [2.75, 3.05) is 19.8 Å². The van der Waals surface area contributed by atoms with Gasteiger partial charge in [-0.3, -0.25) is 28.1 Å². The average Bonchev–Trinajstić information content (AvgIpc) is 3.71. The molecule has 1 saturated carbocycles. The van der Waals surface area contributed by atoms with Gasteiger partial charge in [-0.05, 0) is 125 Å². The van der Waals surface area contributed by atoms with E-state index >= 15 is 13.6 Å². The largest absolute Gasteiger partial charge is 0.438 e. The molecular formula is C49H48F2N10O6. The summed E-state index contributed by atoms with van der Waals surface area (Å²) in [6.07, 6.45) is 6.76. The topological polar surface area (TPSA) is 168 Å². The van der Waals surface area contributed by atoms with Crippen molar-refractivity contribution in [3.8, 4) is 17.2 Å². The second-order valence-electron chi connectivity index (χ2n) is 19.7. The van der Waals surface area contributed by atoms with Crippen molar-refractivity contribution in [1.29, 1.82) is 0 Å². The number of benzene rings is 3. The van der Waals surface area contributed by atoms with Gasteiger partial charge in [-0.15, -0.1) is 0 Å². The summed E-state index contributed by atoms with van der Waals surface area (Å²) in [5.74, 6) is -1.13. The van der Waals surface area contributed by atoms with Gasteiger partial charge >= 0.3 is 11.4 Å². The molecule has 0 bridgehead atoms. The molecule has 2 saturated heterocycles. The van der Waals surface area contributed by atoms with Crippen LogP contribution in [-0.2, 0) is 27.7 Å². The number of rotatable bonds is 7. The van der Waals surface area contributed by atoms with E-state index in [9.17, 15) is 9.59 Å². The number of nitrogens with one attached hydrogen (secondary N) is 1. The molecule has 16 nitrogen and oxygen atoms in total. The maximum Gasteiger partial charge on any atom is 0.438 e. The highest BCUT2D eigenvalue weighted by atomic mass is 19.1. The number of fused-ring (bicyclic) bond motifs is 4. The zero-order chi connectivity index (χ0) is 46.6. The van der Waals surface area contributed by atoms with E-state index in [0.717, 1.165) is 29.3 Å². The van der Waals surface area contributed by atoms with Gasteiger partial charge in [0, 0.05) is 42.5 Å². The quantitative estimate of drug-likeness (QED) is 0.164. The van der Waals surface area contributed by atoms with Crippen LogP contribution < -0.4 is 11.4 Å². The number of hydrogen-bond acceptors (Lipinski definition) is 9. The molecule has 18 heteroatoms. The molecule has 1 N–H and O–H groups in total. The fourth-order valence-corrected chi connectivity index (χ4v) is 11.2. The molecule has 8 aromatic rings. The van der Waals surface area contributed by atoms with Crippen LogP contribution in [0.3, 0.4) is 0 Å². The van der Waals surface area contributed by atoms with Gasteiger partial charge in [0.1, 0.15) is 28.6 Å². The van der Waals surface area contributed by atoms with E-state index < -0.39 is 34.4 Å². The molecule has 0 radical (unpaired) electrons. The second-order valence-corrected chi connectivity index (χ2v) is 19.7. The Bertz CT molecular complexity index is 3500. The second kappa shape index (κ2) is 14.1.